The summed E-state index contributed by atoms with van der Waals surface area (Å²) in [4.78, 5) is 18.4. The molecule has 5 nitrogen and oxygen atoms in total. The molecule has 186 valence electrons. The fourth-order valence-electron chi connectivity index (χ4n) is 4.69. The number of rotatable bonds is 8. The molecule has 4 aromatic rings. The first-order valence-corrected chi connectivity index (χ1v) is 12.8. The Morgan fingerprint density at radius 2 is 1.41 bits per heavy atom. The van der Waals surface area contributed by atoms with E-state index < -0.39 is 0 Å². The smallest absolute Gasteiger partial charge is 0.315 e. The Hall–Kier alpha value is -4.38. The van der Waals surface area contributed by atoms with Gasteiger partial charge in [-0.1, -0.05) is 121 Å². The Balaban J connectivity index is 1.15. The molecule has 0 aliphatic carbocycles. The van der Waals surface area contributed by atoms with Crippen molar-refractivity contribution >= 4 is 11.7 Å². The predicted octanol–water partition coefficient (Wildman–Crippen LogP) is 6.96. The van der Waals surface area contributed by atoms with E-state index in [1.54, 1.807) is 0 Å². The van der Waals surface area contributed by atoms with E-state index in [2.05, 4.69) is 83.4 Å². The first-order chi connectivity index (χ1) is 18.2. The lowest BCUT2D eigenvalue weighted by Crippen LogP contribution is -2.41. The first-order valence-electron chi connectivity index (χ1n) is 12.8. The minimum Gasteiger partial charge on any atom is -0.390 e. The number of hydrogen-bond donors (Lipinski definition) is 2. The third-order valence-corrected chi connectivity index (χ3v) is 6.68. The van der Waals surface area contributed by atoms with E-state index in [1.165, 1.54) is 5.56 Å². The van der Waals surface area contributed by atoms with Gasteiger partial charge in [0.1, 0.15) is 0 Å². The van der Waals surface area contributed by atoms with Crippen molar-refractivity contribution < 1.29 is 9.63 Å². The van der Waals surface area contributed by atoms with Crippen molar-refractivity contribution in [3.05, 3.63) is 120 Å². The van der Waals surface area contributed by atoms with E-state index in [0.29, 0.717) is 13.0 Å². The van der Waals surface area contributed by atoms with Gasteiger partial charge in [0.25, 0.3) is 0 Å². The van der Waals surface area contributed by atoms with E-state index in [4.69, 9.17) is 4.84 Å². The van der Waals surface area contributed by atoms with Gasteiger partial charge in [-0.3, -0.25) is 0 Å². The zero-order valence-electron chi connectivity index (χ0n) is 20.9. The zero-order chi connectivity index (χ0) is 25.5. The minimum absolute atomic E-state index is 0.101. The highest BCUT2D eigenvalue weighted by molar-refractivity contribution is 6.01. The second kappa shape index (κ2) is 11.6. The number of nitrogens with zero attached hydrogens (tertiary/aromatic N) is 1. The van der Waals surface area contributed by atoms with Gasteiger partial charge in [-0.15, -0.1) is 0 Å². The Labute approximate surface area is 218 Å². The molecule has 0 spiro atoms. The van der Waals surface area contributed by atoms with Gasteiger partial charge in [-0.25, -0.2) is 4.79 Å². The van der Waals surface area contributed by atoms with Gasteiger partial charge >= 0.3 is 6.03 Å². The molecule has 37 heavy (non-hydrogen) atoms. The number of oxime groups is 1. The van der Waals surface area contributed by atoms with E-state index in [1.807, 2.05) is 48.5 Å². The molecule has 5 rings (SSSR count). The summed E-state index contributed by atoms with van der Waals surface area (Å²) < 4.78 is 0. The summed E-state index contributed by atoms with van der Waals surface area (Å²) in [5, 5.41) is 10.4. The Kier molecular flexibility index (Phi) is 7.60. The molecule has 0 aromatic heterocycles. The lowest BCUT2D eigenvalue weighted by Gasteiger charge is -2.21. The van der Waals surface area contributed by atoms with Gasteiger partial charge in [-0.2, -0.15) is 0 Å². The molecule has 0 radical (unpaired) electrons. The molecule has 2 unspecified atom stereocenters. The molecule has 5 heteroatoms. The first kappa shape index (κ1) is 24.3. The van der Waals surface area contributed by atoms with Crippen molar-refractivity contribution in [3.63, 3.8) is 0 Å². The summed E-state index contributed by atoms with van der Waals surface area (Å²) >= 11 is 0. The van der Waals surface area contributed by atoms with Crippen LogP contribution in [0.4, 0.5) is 4.79 Å². The molecule has 2 N–H and O–H groups in total. The molecular formula is C32H31N3O2. The zero-order valence-corrected chi connectivity index (χ0v) is 20.9. The van der Waals surface area contributed by atoms with Crippen LogP contribution in [0.25, 0.3) is 22.3 Å². The van der Waals surface area contributed by atoms with Gasteiger partial charge < -0.3 is 15.5 Å². The van der Waals surface area contributed by atoms with Crippen LogP contribution >= 0.6 is 0 Å². The van der Waals surface area contributed by atoms with Crippen LogP contribution in [0, 0.1) is 0 Å². The summed E-state index contributed by atoms with van der Waals surface area (Å²) in [6.45, 7) is 2.47. The second-order valence-electron chi connectivity index (χ2n) is 9.18. The molecule has 4 aromatic carbocycles. The van der Waals surface area contributed by atoms with Crippen LogP contribution in [0.5, 0.6) is 0 Å². The fourth-order valence-corrected chi connectivity index (χ4v) is 4.69. The van der Waals surface area contributed by atoms with Crippen molar-refractivity contribution in [2.45, 2.75) is 31.9 Å². The fraction of sp³-hybridized carbons (Fsp3) is 0.188. The lowest BCUT2D eigenvalue weighted by atomic mass is 9.94. The van der Waals surface area contributed by atoms with Crippen LogP contribution in [0.3, 0.4) is 0 Å². The van der Waals surface area contributed by atoms with Crippen LogP contribution in [0.2, 0.25) is 0 Å². The van der Waals surface area contributed by atoms with Crippen molar-refractivity contribution in [2.24, 2.45) is 5.16 Å². The molecule has 0 saturated carbocycles. The van der Waals surface area contributed by atoms with Gasteiger partial charge in [-0.05, 0) is 39.8 Å². The maximum Gasteiger partial charge on any atom is 0.315 e. The van der Waals surface area contributed by atoms with Gasteiger partial charge in [0.2, 0.25) is 0 Å². The number of amides is 2. The van der Waals surface area contributed by atoms with E-state index in [-0.39, 0.29) is 18.2 Å². The Morgan fingerprint density at radius 3 is 2.11 bits per heavy atom. The van der Waals surface area contributed by atoms with Crippen molar-refractivity contribution in [1.29, 1.82) is 0 Å². The third kappa shape index (κ3) is 5.89. The van der Waals surface area contributed by atoms with Crippen LogP contribution < -0.4 is 10.6 Å². The molecule has 1 heterocycles. The van der Waals surface area contributed by atoms with E-state index in [0.717, 1.165) is 39.9 Å². The quantitative estimate of drug-likeness (QED) is 0.281. The van der Waals surface area contributed by atoms with Gasteiger partial charge in [0.15, 0.2) is 6.10 Å². The van der Waals surface area contributed by atoms with E-state index in [9.17, 15) is 4.79 Å². The molecule has 0 bridgehead atoms. The highest BCUT2D eigenvalue weighted by atomic mass is 16.6. The molecule has 0 fully saturated rings. The SMILES string of the molecule is CCC(NC(=O)NCC1CC(c2ccc(-c3ccccc3)cc2)=NO1)c1ccccc1-c1ccccc1. The van der Waals surface area contributed by atoms with Crippen LogP contribution in [-0.2, 0) is 4.84 Å². The average molecular weight is 490 g/mol. The molecular weight excluding hydrogens is 458 g/mol. The Morgan fingerprint density at radius 1 is 0.811 bits per heavy atom. The van der Waals surface area contributed by atoms with Crippen LogP contribution in [0.15, 0.2) is 114 Å². The monoisotopic (exact) mass is 489 g/mol. The molecule has 1 aliphatic heterocycles. The highest BCUT2D eigenvalue weighted by Gasteiger charge is 2.23. The van der Waals surface area contributed by atoms with E-state index >= 15 is 0 Å². The number of carbonyl (C=O) groups excluding carboxylic acids is 1. The summed E-state index contributed by atoms with van der Waals surface area (Å²) in [6.07, 6.45) is 1.24. The topological polar surface area (TPSA) is 62.7 Å². The summed E-state index contributed by atoms with van der Waals surface area (Å²) in [5.74, 6) is 0. The summed E-state index contributed by atoms with van der Waals surface area (Å²) in [7, 11) is 0. The predicted molar refractivity (Wildman–Crippen MR) is 149 cm³/mol. The van der Waals surface area contributed by atoms with Crippen molar-refractivity contribution in [2.75, 3.05) is 6.54 Å². The summed E-state index contributed by atoms with van der Waals surface area (Å²) in [5.41, 5.74) is 7.66. The lowest BCUT2D eigenvalue weighted by molar-refractivity contribution is 0.0864. The summed E-state index contributed by atoms with van der Waals surface area (Å²) in [6, 6.07) is 36.8. The third-order valence-electron chi connectivity index (χ3n) is 6.68. The van der Waals surface area contributed by atoms with Crippen LogP contribution in [0.1, 0.15) is 36.9 Å². The second-order valence-corrected chi connectivity index (χ2v) is 9.18. The van der Waals surface area contributed by atoms with Crippen molar-refractivity contribution in [1.82, 2.24) is 10.6 Å². The average Bonchev–Trinajstić information content (AvgIpc) is 3.45. The normalized spacial score (nSPS) is 15.4. The maximum absolute atomic E-state index is 12.8. The maximum atomic E-state index is 12.8. The molecule has 2 atom stereocenters. The number of urea groups is 1. The minimum atomic E-state index is -0.209. The molecule has 2 amide bonds. The largest absolute Gasteiger partial charge is 0.390 e. The molecule has 0 saturated heterocycles. The van der Waals surface area contributed by atoms with Gasteiger partial charge in [0.05, 0.1) is 18.3 Å². The number of hydrogen-bond acceptors (Lipinski definition) is 3. The van der Waals surface area contributed by atoms with Gasteiger partial charge in [0, 0.05) is 6.42 Å². The number of carbonyl (C=O) groups is 1. The van der Waals surface area contributed by atoms with Crippen LogP contribution in [-0.4, -0.2) is 24.4 Å². The van der Waals surface area contributed by atoms with Crippen molar-refractivity contribution in [3.8, 4) is 22.3 Å². The number of benzene rings is 4. The standard InChI is InChI=1S/C32H31N3O2/c1-2-30(29-16-10-9-15-28(29)25-13-7-4-8-14-25)34-32(36)33-22-27-21-31(35-37-27)26-19-17-24(18-20-26)23-11-5-3-6-12-23/h3-20,27,30H,2,21-22H2,1H3,(H2,33,34,36). The number of nitrogens with one attached hydrogen (secondary N) is 2. The highest BCUT2D eigenvalue weighted by Crippen LogP contribution is 2.29. The Bertz CT molecular complexity index is 1350. The molecule has 1 aliphatic rings.